The third-order valence-electron chi connectivity index (χ3n) is 16.1. The summed E-state index contributed by atoms with van der Waals surface area (Å²) in [4.78, 5) is 117. The number of amides is 7. The van der Waals surface area contributed by atoms with Gasteiger partial charge in [-0.2, -0.15) is 11.8 Å². The summed E-state index contributed by atoms with van der Waals surface area (Å²) in [6.07, 6.45) is -11.1. The Morgan fingerprint density at radius 2 is 1.53 bits per heavy atom. The van der Waals surface area contributed by atoms with E-state index in [0.717, 1.165) is 4.90 Å². The molecule has 494 valence electrons. The number of ether oxygens (including phenoxy) is 5. The van der Waals surface area contributed by atoms with Gasteiger partial charge in [-0.1, -0.05) is 85.2 Å². The molecule has 0 aromatic heterocycles. The molecule has 88 heavy (non-hydrogen) atoms. The maximum Gasteiger partial charge on any atom is 0.410 e. The van der Waals surface area contributed by atoms with Gasteiger partial charge < -0.3 is 80.3 Å². The van der Waals surface area contributed by atoms with Crippen molar-refractivity contribution in [2.45, 2.75) is 173 Å². The highest BCUT2D eigenvalue weighted by atomic mass is 32.2. The zero-order chi connectivity index (χ0) is 65.7. The number of benzene rings is 2. The molecule has 0 aliphatic carbocycles. The summed E-state index contributed by atoms with van der Waals surface area (Å²) < 4.78 is 29.0. The van der Waals surface area contributed by atoms with Crippen LogP contribution < -0.4 is 31.9 Å². The first kappa shape index (κ1) is 74.3. The van der Waals surface area contributed by atoms with Crippen LogP contribution in [0.5, 0.6) is 5.75 Å². The number of carboxylic acids is 1. The van der Waals surface area contributed by atoms with Crippen molar-refractivity contribution in [2.24, 2.45) is 29.6 Å². The van der Waals surface area contributed by atoms with Crippen molar-refractivity contribution in [2.75, 3.05) is 64.8 Å². The minimum absolute atomic E-state index is 0.00173. The van der Waals surface area contributed by atoms with E-state index in [2.05, 4.69) is 26.1 Å². The highest BCUT2D eigenvalue weighted by Gasteiger charge is 2.49. The van der Waals surface area contributed by atoms with Crippen molar-refractivity contribution >= 4 is 65.0 Å². The fraction of sp³-hybridized carbons (Fsp3) is 0.667. The molecule has 15 atom stereocenters. The zero-order valence-electron chi connectivity index (χ0n) is 52.5. The van der Waals surface area contributed by atoms with Crippen molar-refractivity contribution in [3.63, 3.8) is 0 Å². The number of nitrogens with two attached hydrogens (primary N) is 1. The number of anilines is 1. The zero-order valence-corrected chi connectivity index (χ0v) is 53.3. The molecule has 0 saturated carbocycles. The van der Waals surface area contributed by atoms with Gasteiger partial charge in [0.25, 0.3) is 0 Å². The van der Waals surface area contributed by atoms with Crippen LogP contribution in [-0.4, -0.2) is 220 Å². The molecule has 11 N–H and O–H groups in total. The quantitative estimate of drug-likeness (QED) is 0.0353. The van der Waals surface area contributed by atoms with Crippen LogP contribution in [0.25, 0.3) is 0 Å². The van der Waals surface area contributed by atoms with Crippen molar-refractivity contribution in [3.8, 4) is 5.75 Å². The number of likely N-dealkylation sites (N-methyl/N-ethyl adjacent to an activating group) is 2. The summed E-state index contributed by atoms with van der Waals surface area (Å²) >= 11 is 1.28. The second kappa shape index (κ2) is 35.8. The lowest BCUT2D eigenvalue weighted by molar-refractivity contribution is -0.271. The fourth-order valence-electron chi connectivity index (χ4n) is 11.0. The monoisotopic (exact) mass is 1260 g/mol. The average Bonchev–Trinajstić information content (AvgIpc) is 2.49. The van der Waals surface area contributed by atoms with E-state index in [-0.39, 0.29) is 53.5 Å². The summed E-state index contributed by atoms with van der Waals surface area (Å²) in [5, 5.41) is 63.3. The Labute approximate surface area is 519 Å². The van der Waals surface area contributed by atoms with E-state index in [1.165, 1.54) is 56.1 Å². The van der Waals surface area contributed by atoms with Gasteiger partial charge in [-0.15, -0.1) is 0 Å². The van der Waals surface area contributed by atoms with Crippen LogP contribution in [-0.2, 0) is 64.0 Å². The normalized spacial score (nSPS) is 21.6. The number of carboxylic acid groups (broad SMARTS) is 1. The molecule has 2 aromatic carbocycles. The van der Waals surface area contributed by atoms with Gasteiger partial charge in [-0.25, -0.2) is 15.5 Å². The smallest absolute Gasteiger partial charge is 0.410 e. The predicted molar refractivity (Wildman–Crippen MR) is 324 cm³/mol. The lowest BCUT2D eigenvalue weighted by Crippen LogP contribution is -2.61. The maximum absolute atomic E-state index is 14.9. The van der Waals surface area contributed by atoms with E-state index in [9.17, 15) is 63.9 Å². The van der Waals surface area contributed by atoms with Crippen LogP contribution in [0.4, 0.5) is 10.5 Å². The van der Waals surface area contributed by atoms with Crippen molar-refractivity contribution in [1.82, 2.24) is 30.7 Å². The number of carbonyl (C=O) groups is 8. The summed E-state index contributed by atoms with van der Waals surface area (Å²) in [7, 11) is 5.89. The highest BCUT2D eigenvalue weighted by Crippen LogP contribution is 2.33. The van der Waals surface area contributed by atoms with Gasteiger partial charge in [0.2, 0.25) is 41.7 Å². The Morgan fingerprint density at radius 3 is 2.14 bits per heavy atom. The van der Waals surface area contributed by atoms with Gasteiger partial charge in [-0.3, -0.25) is 38.5 Å². The SMILES string of the molecule is CC[C@H](C)[C@@H]([C@@H](CC(=O)N1CCC[C@H]1[C@H](OC)[C@@H](C)C(=O)N[C@H](C)[C@@H](O)c1ccccc1)OC)N(C)C(=O)[C@@H](NC(=O)[C@H](C(C)C)N(C)C(=O)OCc1cc(NC(=O)CSCCCNC(=O)CON)ccc1OC1OC(C(=O)O)C(O)C(O)C1O)C(C)C. The summed E-state index contributed by atoms with van der Waals surface area (Å²) in [5.41, 5.74) is 0.889. The Hall–Kier alpha value is -6.21. The molecular weight excluding hydrogens is 1170 g/mol. The van der Waals surface area contributed by atoms with Crippen molar-refractivity contribution in [3.05, 3.63) is 59.7 Å². The van der Waals surface area contributed by atoms with Gasteiger partial charge in [0, 0.05) is 52.7 Å². The first-order valence-corrected chi connectivity index (χ1v) is 30.8. The molecule has 2 heterocycles. The van der Waals surface area contributed by atoms with E-state index < -0.39 is 139 Å². The van der Waals surface area contributed by atoms with E-state index >= 15 is 0 Å². The largest absolute Gasteiger partial charge is 0.479 e. The third-order valence-corrected chi connectivity index (χ3v) is 17.1. The Balaban J connectivity index is 1.50. The van der Waals surface area contributed by atoms with Crippen LogP contribution in [0.1, 0.15) is 105 Å². The van der Waals surface area contributed by atoms with Crippen LogP contribution in [0, 0.1) is 23.7 Å². The standard InChI is InChI=1S/C60H94N8O19S/c1-13-34(6)48(42(82-11)28-45(71)68-25-17-21-40(68)53(83-12)35(7)55(76)63-36(8)49(72)37-19-15-14-16-20-37)66(9)57(78)46(32(2)3)65-56(77)47(33(4)5)67(10)60(81)84-29-38-27-39(64-44(70)31-88-26-18-24-62-43(69)30-85-61)22-23-41(38)86-59-52(75)50(73)51(74)54(87-59)58(79)80/h14-16,19-20,22-23,27,32-36,40,42,46-54,59,72-75H,13,17-18,21,24-26,28-31,61H2,1-12H3,(H,62,69)(H,63,76)(H,64,70)(H,65,77)(H,79,80)/t34-,35+,36+,40-,42+,46-,47-,48-,49+,50?,51?,52?,53+,54?,59?/m0/s1. The molecule has 7 amide bonds. The van der Waals surface area contributed by atoms with Gasteiger partial charge in [0.05, 0.1) is 54.5 Å². The molecule has 4 rings (SSSR count). The number of rotatable bonds is 34. The first-order valence-electron chi connectivity index (χ1n) is 29.7. The van der Waals surface area contributed by atoms with Crippen LogP contribution in [0.2, 0.25) is 0 Å². The molecule has 27 nitrogen and oxygen atoms in total. The average molecular weight is 1260 g/mol. The molecule has 28 heteroatoms. The number of likely N-dealkylation sites (tertiary alicyclic amines) is 1. The number of aliphatic hydroxyl groups excluding tert-OH is 4. The molecule has 2 aromatic rings. The minimum Gasteiger partial charge on any atom is -0.479 e. The number of aliphatic carboxylic acids is 1. The van der Waals surface area contributed by atoms with E-state index in [4.69, 9.17) is 29.6 Å². The third kappa shape index (κ3) is 20.4. The van der Waals surface area contributed by atoms with E-state index in [0.29, 0.717) is 50.1 Å². The van der Waals surface area contributed by atoms with Crippen molar-refractivity contribution < 1.29 is 92.4 Å². The molecule has 0 spiro atoms. The topological polar surface area (TPSA) is 377 Å². The molecule has 2 aliphatic rings. The molecule has 2 fully saturated rings. The minimum atomic E-state index is -2.02. The summed E-state index contributed by atoms with van der Waals surface area (Å²) in [6.45, 7) is 14.1. The number of thioether (sulfide) groups is 1. The van der Waals surface area contributed by atoms with Crippen LogP contribution >= 0.6 is 11.8 Å². The Bertz CT molecular complexity index is 2610. The van der Waals surface area contributed by atoms with Gasteiger partial charge in [0.15, 0.2) is 6.10 Å². The number of hydrogen-bond donors (Lipinski definition) is 10. The summed E-state index contributed by atoms with van der Waals surface area (Å²) in [5.74, 6) is -0.982. The molecule has 0 radical (unpaired) electrons. The number of aliphatic hydroxyl groups is 4. The molecule has 2 saturated heterocycles. The number of methoxy groups -OCH3 is 2. The second-order valence-electron chi connectivity index (χ2n) is 23.1. The number of carbonyl (C=O) groups excluding carboxylic acids is 7. The predicted octanol–water partition coefficient (Wildman–Crippen LogP) is 1.92. The van der Waals surface area contributed by atoms with Crippen LogP contribution in [0.3, 0.4) is 0 Å². The number of nitrogens with one attached hydrogen (secondary N) is 4. The molecule has 2 aliphatic heterocycles. The molecule has 5 unspecified atom stereocenters. The number of nitrogens with zero attached hydrogens (tertiary/aromatic N) is 3. The summed E-state index contributed by atoms with van der Waals surface area (Å²) in [6, 6.07) is 8.95. The molecule has 0 bridgehead atoms. The van der Waals surface area contributed by atoms with E-state index in [1.807, 2.05) is 19.9 Å². The van der Waals surface area contributed by atoms with Gasteiger partial charge >= 0.3 is 12.1 Å². The van der Waals surface area contributed by atoms with Gasteiger partial charge in [-0.05, 0) is 73.5 Å². The second-order valence-corrected chi connectivity index (χ2v) is 24.2. The van der Waals surface area contributed by atoms with Gasteiger partial charge in [0.1, 0.15) is 49.4 Å². The highest BCUT2D eigenvalue weighted by molar-refractivity contribution is 7.99. The number of hydrogen-bond acceptors (Lipinski definition) is 20. The lowest BCUT2D eigenvalue weighted by atomic mass is 9.89. The van der Waals surface area contributed by atoms with Crippen LogP contribution in [0.15, 0.2) is 48.5 Å². The maximum atomic E-state index is 14.9. The Morgan fingerprint density at radius 1 is 0.852 bits per heavy atom. The Kier molecular flexibility index (Phi) is 30.2. The molecular formula is C60H94N8O19S. The lowest BCUT2D eigenvalue weighted by Gasteiger charge is -2.41. The first-order chi connectivity index (χ1) is 41.6. The van der Waals surface area contributed by atoms with Crippen molar-refractivity contribution in [1.29, 1.82) is 0 Å². The van der Waals surface area contributed by atoms with E-state index in [1.54, 1.807) is 77.8 Å². The fourth-order valence-corrected chi connectivity index (χ4v) is 11.7.